The van der Waals surface area contributed by atoms with Gasteiger partial charge in [0.1, 0.15) is 12.7 Å². The Morgan fingerprint density at radius 3 is 1.35 bits per heavy atom. The summed E-state index contributed by atoms with van der Waals surface area (Å²) in [7, 11) is -4.40. The minimum atomic E-state index is -4.40. The van der Waals surface area contributed by atoms with Gasteiger partial charge in [-0.3, -0.25) is 18.6 Å². The predicted molar refractivity (Wildman–Crippen MR) is 197 cm³/mol. The number of aliphatic hydroxyl groups is 1. The monoisotopic (exact) mass is 706 g/mol. The number of nitrogens with one attached hydrogen (secondary N) is 1. The number of carbonyl (C=O) groups excluding carboxylic acids is 2. The molecule has 0 rings (SSSR count). The summed E-state index contributed by atoms with van der Waals surface area (Å²) in [6, 6.07) is 0. The molecule has 0 aliphatic heterocycles. The maximum absolute atomic E-state index is 12.0. The highest BCUT2D eigenvalue weighted by Gasteiger charge is 2.23. The van der Waals surface area contributed by atoms with Gasteiger partial charge >= 0.3 is 13.8 Å². The van der Waals surface area contributed by atoms with Crippen LogP contribution in [0.3, 0.4) is 0 Å². The Kier molecular flexibility index (Phi) is 35.1. The number of unbranched alkanes of at least 4 members (excludes halogenated alkanes) is 25. The van der Waals surface area contributed by atoms with Crippen LogP contribution < -0.4 is 5.32 Å². The lowest BCUT2D eigenvalue weighted by Crippen LogP contribution is -2.27. The van der Waals surface area contributed by atoms with Crippen molar-refractivity contribution in [3.05, 3.63) is 0 Å². The number of esters is 1. The first-order valence-electron chi connectivity index (χ1n) is 20.0. The SMILES string of the molecule is CCCCCCCCCCCCCCCCCCCCC(=O)OCC(O)COP(=O)(O)OCCNC(=O)CCCCCCCCCCC. The number of amides is 1. The molecule has 0 saturated carbocycles. The highest BCUT2D eigenvalue weighted by atomic mass is 31.2. The number of rotatable bonds is 38. The number of phosphoric acid groups is 1. The van der Waals surface area contributed by atoms with Gasteiger partial charge in [-0.2, -0.15) is 0 Å². The van der Waals surface area contributed by atoms with E-state index in [9.17, 15) is 24.2 Å². The molecule has 2 atom stereocenters. The third-order valence-corrected chi connectivity index (χ3v) is 9.77. The Hall–Kier alpha value is -0.990. The summed E-state index contributed by atoms with van der Waals surface area (Å²) < 4.78 is 26.8. The summed E-state index contributed by atoms with van der Waals surface area (Å²) in [4.78, 5) is 33.7. The van der Waals surface area contributed by atoms with E-state index in [1.807, 2.05) is 0 Å². The van der Waals surface area contributed by atoms with Crippen molar-refractivity contribution < 1.29 is 37.9 Å². The van der Waals surface area contributed by atoms with Crippen LogP contribution in [0.15, 0.2) is 0 Å². The minimum Gasteiger partial charge on any atom is -0.463 e. The smallest absolute Gasteiger partial charge is 0.463 e. The van der Waals surface area contributed by atoms with E-state index in [2.05, 4.69) is 19.2 Å². The first-order valence-corrected chi connectivity index (χ1v) is 21.5. The van der Waals surface area contributed by atoms with E-state index in [-0.39, 0.29) is 25.7 Å². The fraction of sp³-hybridized carbons (Fsp3) is 0.947. The van der Waals surface area contributed by atoms with Gasteiger partial charge in [0.05, 0.1) is 13.2 Å². The van der Waals surface area contributed by atoms with Gasteiger partial charge in [0.25, 0.3) is 0 Å². The van der Waals surface area contributed by atoms with E-state index in [0.717, 1.165) is 38.5 Å². The number of aliphatic hydroxyl groups excluding tert-OH is 1. The molecule has 0 aliphatic carbocycles. The van der Waals surface area contributed by atoms with Gasteiger partial charge in [0, 0.05) is 19.4 Å². The van der Waals surface area contributed by atoms with E-state index < -0.39 is 26.5 Å². The molecule has 0 aromatic rings. The van der Waals surface area contributed by atoms with E-state index in [0.29, 0.717) is 12.8 Å². The molecule has 0 aromatic carbocycles. The Bertz CT molecular complexity index is 769. The second-order valence-electron chi connectivity index (χ2n) is 13.6. The Morgan fingerprint density at radius 1 is 0.562 bits per heavy atom. The molecule has 0 saturated heterocycles. The van der Waals surface area contributed by atoms with E-state index in [1.54, 1.807) is 0 Å². The van der Waals surface area contributed by atoms with Gasteiger partial charge in [-0.1, -0.05) is 174 Å². The zero-order chi connectivity index (χ0) is 35.4. The molecule has 9 nitrogen and oxygen atoms in total. The third kappa shape index (κ3) is 36.3. The zero-order valence-electron chi connectivity index (χ0n) is 31.2. The lowest BCUT2D eigenvalue weighted by atomic mass is 10.0. The topological polar surface area (TPSA) is 131 Å². The second kappa shape index (κ2) is 35.8. The fourth-order valence-corrected chi connectivity index (χ4v) is 6.49. The first kappa shape index (κ1) is 47.0. The summed E-state index contributed by atoms with van der Waals surface area (Å²) in [6.07, 6.45) is 33.2. The molecule has 0 spiro atoms. The molecule has 10 heteroatoms. The van der Waals surface area contributed by atoms with Crippen molar-refractivity contribution in [1.82, 2.24) is 5.32 Å². The molecule has 48 heavy (non-hydrogen) atoms. The van der Waals surface area contributed by atoms with Gasteiger partial charge in [0.15, 0.2) is 0 Å². The summed E-state index contributed by atoms with van der Waals surface area (Å²) in [5.41, 5.74) is 0. The number of hydrogen-bond donors (Lipinski definition) is 3. The molecule has 0 radical (unpaired) electrons. The van der Waals surface area contributed by atoms with Crippen LogP contribution in [0, 0.1) is 0 Å². The molecule has 3 N–H and O–H groups in total. The zero-order valence-corrected chi connectivity index (χ0v) is 32.1. The highest BCUT2D eigenvalue weighted by Crippen LogP contribution is 2.42. The van der Waals surface area contributed by atoms with Crippen molar-refractivity contribution in [2.45, 2.75) is 206 Å². The highest BCUT2D eigenvalue weighted by molar-refractivity contribution is 7.47. The van der Waals surface area contributed by atoms with Crippen LogP contribution in [0.2, 0.25) is 0 Å². The van der Waals surface area contributed by atoms with Crippen LogP contribution in [-0.2, 0) is 27.9 Å². The minimum absolute atomic E-state index is 0.0871. The van der Waals surface area contributed by atoms with Gasteiger partial charge in [-0.25, -0.2) is 4.57 Å². The van der Waals surface area contributed by atoms with Crippen LogP contribution in [-0.4, -0.2) is 54.3 Å². The van der Waals surface area contributed by atoms with Crippen molar-refractivity contribution in [2.24, 2.45) is 0 Å². The average molecular weight is 706 g/mol. The summed E-state index contributed by atoms with van der Waals surface area (Å²) in [5.74, 6) is -0.510. The lowest BCUT2D eigenvalue weighted by Gasteiger charge is -2.15. The molecule has 0 bridgehead atoms. The fourth-order valence-electron chi connectivity index (χ4n) is 5.73. The standard InChI is InChI=1S/C38H76NO8P/c1-3-5-7-9-11-13-14-15-16-17-18-19-20-21-23-25-27-29-31-38(42)45-34-36(40)35-47-48(43,44)46-33-32-39-37(41)30-28-26-24-22-12-10-8-6-4-2/h36,40H,3-35H2,1-2H3,(H,39,41)(H,43,44). The maximum atomic E-state index is 12.0. The van der Waals surface area contributed by atoms with E-state index >= 15 is 0 Å². The molecular weight excluding hydrogens is 629 g/mol. The molecule has 2 unspecified atom stereocenters. The molecule has 0 aliphatic rings. The van der Waals surface area contributed by atoms with Crippen molar-refractivity contribution in [3.63, 3.8) is 0 Å². The number of ether oxygens (including phenoxy) is 1. The van der Waals surface area contributed by atoms with Crippen LogP contribution in [0.1, 0.15) is 200 Å². The summed E-state index contributed by atoms with van der Waals surface area (Å²) in [6.45, 7) is 3.55. The molecule has 0 heterocycles. The quantitative estimate of drug-likeness (QED) is 0.0329. The molecule has 0 fully saturated rings. The Labute approximate surface area is 295 Å². The van der Waals surface area contributed by atoms with Gasteiger partial charge in [-0.15, -0.1) is 0 Å². The van der Waals surface area contributed by atoms with Crippen molar-refractivity contribution in [1.29, 1.82) is 0 Å². The van der Waals surface area contributed by atoms with Crippen LogP contribution in [0.4, 0.5) is 0 Å². The number of carbonyl (C=O) groups is 2. The summed E-state index contributed by atoms with van der Waals surface area (Å²) in [5, 5.41) is 12.6. The number of phosphoric ester groups is 1. The largest absolute Gasteiger partial charge is 0.472 e. The lowest BCUT2D eigenvalue weighted by molar-refractivity contribution is -0.147. The normalized spacial score (nSPS) is 13.3. The molecule has 286 valence electrons. The van der Waals surface area contributed by atoms with Crippen LogP contribution >= 0.6 is 7.82 Å². The van der Waals surface area contributed by atoms with Crippen molar-refractivity contribution in [2.75, 3.05) is 26.4 Å². The van der Waals surface area contributed by atoms with Crippen molar-refractivity contribution in [3.8, 4) is 0 Å². The van der Waals surface area contributed by atoms with Gasteiger partial charge in [-0.05, 0) is 12.8 Å². The number of hydrogen-bond acceptors (Lipinski definition) is 7. The molecule has 1 amide bonds. The average Bonchev–Trinajstić information content (AvgIpc) is 3.07. The summed E-state index contributed by atoms with van der Waals surface area (Å²) >= 11 is 0. The van der Waals surface area contributed by atoms with Crippen molar-refractivity contribution >= 4 is 19.7 Å². The third-order valence-electron chi connectivity index (χ3n) is 8.79. The van der Waals surface area contributed by atoms with E-state index in [4.69, 9.17) is 13.8 Å². The van der Waals surface area contributed by atoms with Crippen LogP contribution in [0.25, 0.3) is 0 Å². The second-order valence-corrected chi connectivity index (χ2v) is 15.1. The van der Waals surface area contributed by atoms with E-state index in [1.165, 1.54) is 135 Å². The first-order chi connectivity index (χ1) is 23.3. The van der Waals surface area contributed by atoms with Crippen LogP contribution in [0.5, 0.6) is 0 Å². The van der Waals surface area contributed by atoms with Gasteiger partial charge < -0.3 is 20.1 Å². The predicted octanol–water partition coefficient (Wildman–Crippen LogP) is 10.5. The molecular formula is C38H76NO8P. The molecule has 0 aromatic heterocycles. The Morgan fingerprint density at radius 2 is 0.938 bits per heavy atom. The Balaban J connectivity index is 3.55. The van der Waals surface area contributed by atoms with Gasteiger partial charge in [0.2, 0.25) is 5.91 Å². The maximum Gasteiger partial charge on any atom is 0.472 e.